The van der Waals surface area contributed by atoms with Gasteiger partial charge in [0.2, 0.25) is 5.95 Å². The third-order valence-corrected chi connectivity index (χ3v) is 3.44. The molecule has 0 bridgehead atoms. The summed E-state index contributed by atoms with van der Waals surface area (Å²) in [5.41, 5.74) is 0.293. The van der Waals surface area contributed by atoms with Crippen molar-refractivity contribution in [2.75, 3.05) is 0 Å². The fourth-order valence-electron chi connectivity index (χ4n) is 2.00. The van der Waals surface area contributed by atoms with Gasteiger partial charge in [-0.15, -0.1) is 0 Å². The second-order valence-electron chi connectivity index (χ2n) is 4.59. The maximum Gasteiger partial charge on any atom is 0.255 e. The van der Waals surface area contributed by atoms with Crippen LogP contribution >= 0.6 is 11.6 Å². The van der Waals surface area contributed by atoms with Crippen LogP contribution in [0, 0.1) is 0 Å². The molecule has 0 radical (unpaired) electrons. The van der Waals surface area contributed by atoms with E-state index in [0.717, 1.165) is 0 Å². The Morgan fingerprint density at radius 2 is 2.09 bits per heavy atom. The number of nitrogens with zero attached hydrogens (tertiary/aromatic N) is 3. The Kier molecular flexibility index (Phi) is 3.84. The smallest absolute Gasteiger partial charge is 0.255 e. The summed E-state index contributed by atoms with van der Waals surface area (Å²) in [5.74, 6) is 0.0636. The zero-order valence-corrected chi connectivity index (χ0v) is 12.1. The van der Waals surface area contributed by atoms with E-state index in [0.29, 0.717) is 16.5 Å². The van der Waals surface area contributed by atoms with Crippen LogP contribution in [0.2, 0.25) is 5.02 Å². The van der Waals surface area contributed by atoms with Crippen LogP contribution in [0.3, 0.4) is 0 Å². The minimum atomic E-state index is -0.374. The number of carbonyl (C=O) groups excluding carboxylic acids is 1. The van der Waals surface area contributed by atoms with Crippen molar-refractivity contribution in [1.82, 2.24) is 19.7 Å². The minimum Gasteiger partial charge on any atom is -0.294 e. The monoisotopic (exact) mass is 314 g/mol. The third kappa shape index (κ3) is 2.82. The van der Waals surface area contributed by atoms with Gasteiger partial charge in [0.25, 0.3) is 5.56 Å². The van der Waals surface area contributed by atoms with Crippen molar-refractivity contribution in [1.29, 1.82) is 0 Å². The summed E-state index contributed by atoms with van der Waals surface area (Å²) in [6, 6.07) is 8.45. The highest BCUT2D eigenvalue weighted by molar-refractivity contribution is 6.34. The fraction of sp³-hybridized carbons (Fsp3) is 0.0667. The minimum absolute atomic E-state index is 0.0640. The van der Waals surface area contributed by atoms with Crippen molar-refractivity contribution >= 4 is 17.4 Å². The number of halogens is 1. The van der Waals surface area contributed by atoms with Gasteiger partial charge in [-0.3, -0.25) is 14.6 Å². The molecule has 0 amide bonds. The Morgan fingerprint density at radius 3 is 2.77 bits per heavy atom. The average molecular weight is 315 g/mol. The van der Waals surface area contributed by atoms with Gasteiger partial charge in [-0.25, -0.2) is 9.67 Å². The Hall–Kier alpha value is -2.73. The molecule has 3 rings (SSSR count). The van der Waals surface area contributed by atoms with Crippen molar-refractivity contribution in [3.63, 3.8) is 0 Å². The van der Waals surface area contributed by atoms with Gasteiger partial charge in [0, 0.05) is 36.1 Å². The third-order valence-electron chi connectivity index (χ3n) is 3.11. The molecule has 0 unspecified atom stereocenters. The second kappa shape index (κ2) is 5.95. The van der Waals surface area contributed by atoms with Gasteiger partial charge >= 0.3 is 0 Å². The molecule has 0 saturated heterocycles. The summed E-state index contributed by atoms with van der Waals surface area (Å²) >= 11 is 5.98. The number of hydrogen-bond donors (Lipinski definition) is 1. The summed E-state index contributed by atoms with van der Waals surface area (Å²) < 4.78 is 1.43. The molecular weight excluding hydrogens is 304 g/mol. The first-order valence-electron chi connectivity index (χ1n) is 6.51. The molecule has 0 aliphatic rings. The number of aromatic nitrogens is 4. The zero-order chi connectivity index (χ0) is 15.5. The highest BCUT2D eigenvalue weighted by Gasteiger charge is 2.13. The topological polar surface area (TPSA) is 80.6 Å². The van der Waals surface area contributed by atoms with Crippen LogP contribution in [0.15, 0.2) is 53.7 Å². The molecule has 0 aliphatic carbocycles. The lowest BCUT2D eigenvalue weighted by Gasteiger charge is -2.04. The highest BCUT2D eigenvalue weighted by Crippen LogP contribution is 2.16. The first kappa shape index (κ1) is 14.2. The molecule has 0 aliphatic heterocycles. The number of benzene rings is 1. The van der Waals surface area contributed by atoms with Gasteiger partial charge in [0.15, 0.2) is 5.78 Å². The van der Waals surface area contributed by atoms with E-state index in [2.05, 4.69) is 15.1 Å². The predicted molar refractivity (Wildman–Crippen MR) is 81.5 cm³/mol. The van der Waals surface area contributed by atoms with Gasteiger partial charge < -0.3 is 0 Å². The van der Waals surface area contributed by atoms with Crippen LogP contribution in [-0.2, 0) is 6.42 Å². The van der Waals surface area contributed by atoms with Gasteiger partial charge in [-0.1, -0.05) is 23.7 Å². The summed E-state index contributed by atoms with van der Waals surface area (Å²) in [6.07, 6.45) is 4.55. The molecule has 3 aromatic rings. The Labute approximate surface area is 130 Å². The van der Waals surface area contributed by atoms with Crippen LogP contribution in [-0.4, -0.2) is 25.5 Å². The zero-order valence-electron chi connectivity index (χ0n) is 11.4. The van der Waals surface area contributed by atoms with Crippen molar-refractivity contribution in [2.24, 2.45) is 0 Å². The molecule has 22 heavy (non-hydrogen) atoms. The molecule has 2 aromatic heterocycles. The maximum atomic E-state index is 12.2. The Morgan fingerprint density at radius 1 is 1.27 bits per heavy atom. The van der Waals surface area contributed by atoms with E-state index in [1.165, 1.54) is 10.9 Å². The number of hydrogen-bond acceptors (Lipinski definition) is 4. The lowest BCUT2D eigenvalue weighted by Crippen LogP contribution is -2.20. The van der Waals surface area contributed by atoms with Gasteiger partial charge in [0.1, 0.15) is 0 Å². The maximum absolute atomic E-state index is 12.2. The molecule has 1 N–H and O–H groups in total. The van der Waals surface area contributed by atoms with E-state index in [1.54, 1.807) is 42.7 Å². The van der Waals surface area contributed by atoms with Gasteiger partial charge in [-0.05, 0) is 18.2 Å². The number of ketones is 1. The van der Waals surface area contributed by atoms with E-state index in [9.17, 15) is 9.59 Å². The highest BCUT2D eigenvalue weighted by atomic mass is 35.5. The lowest BCUT2D eigenvalue weighted by atomic mass is 10.1. The van der Waals surface area contributed by atoms with E-state index in [1.807, 2.05) is 0 Å². The molecule has 0 saturated carbocycles. The number of aromatic amines is 1. The van der Waals surface area contributed by atoms with Crippen LogP contribution < -0.4 is 5.56 Å². The van der Waals surface area contributed by atoms with E-state index in [4.69, 9.17) is 11.6 Å². The molecule has 2 heterocycles. The average Bonchev–Trinajstić information content (AvgIpc) is 3.04. The number of carbonyl (C=O) groups is 1. The number of H-pyrrole nitrogens is 1. The van der Waals surface area contributed by atoms with Crippen LogP contribution in [0.4, 0.5) is 0 Å². The normalized spacial score (nSPS) is 10.6. The van der Waals surface area contributed by atoms with E-state index in [-0.39, 0.29) is 23.3 Å². The van der Waals surface area contributed by atoms with Crippen molar-refractivity contribution in [3.8, 4) is 5.95 Å². The largest absolute Gasteiger partial charge is 0.294 e. The number of nitrogens with one attached hydrogen (secondary N) is 1. The number of Topliss-reactive ketones (excluding diaryl/α,β-unsaturated/α-hetero) is 1. The first-order chi connectivity index (χ1) is 10.6. The van der Waals surface area contributed by atoms with Crippen LogP contribution in [0.1, 0.15) is 15.9 Å². The molecular formula is C15H11ClN4O2. The predicted octanol–water partition coefficient (Wildman–Crippen LogP) is 2.03. The Balaban J connectivity index is 1.86. The van der Waals surface area contributed by atoms with Crippen molar-refractivity contribution in [2.45, 2.75) is 6.42 Å². The molecule has 0 fully saturated rings. The van der Waals surface area contributed by atoms with Crippen LogP contribution in [0.5, 0.6) is 0 Å². The van der Waals surface area contributed by atoms with Crippen molar-refractivity contribution < 1.29 is 4.79 Å². The molecule has 110 valence electrons. The second-order valence-corrected chi connectivity index (χ2v) is 5.00. The summed E-state index contributed by atoms with van der Waals surface area (Å²) in [5, 5.41) is 4.34. The standard InChI is InChI=1S/C15H11ClN4O2/c16-12-5-2-1-4-11(12)13(21)8-10-9-17-15(19-14(10)22)20-7-3-6-18-20/h1-7,9H,8H2,(H,17,19,22). The fourth-order valence-corrected chi connectivity index (χ4v) is 2.24. The number of rotatable bonds is 4. The lowest BCUT2D eigenvalue weighted by molar-refractivity contribution is 0.0992. The van der Waals surface area contributed by atoms with Crippen molar-refractivity contribution in [3.05, 3.63) is 75.4 Å². The molecule has 6 nitrogen and oxygen atoms in total. The van der Waals surface area contributed by atoms with Crippen LogP contribution in [0.25, 0.3) is 5.95 Å². The van der Waals surface area contributed by atoms with E-state index >= 15 is 0 Å². The molecule has 1 aromatic carbocycles. The summed E-state index contributed by atoms with van der Waals surface area (Å²) in [7, 11) is 0. The molecule has 0 spiro atoms. The Bertz CT molecular complexity index is 871. The van der Waals surface area contributed by atoms with E-state index < -0.39 is 0 Å². The SMILES string of the molecule is O=C(Cc1cnc(-n2cccn2)[nH]c1=O)c1ccccc1Cl. The van der Waals surface area contributed by atoms with Gasteiger partial charge in [0.05, 0.1) is 5.02 Å². The first-order valence-corrected chi connectivity index (χ1v) is 6.89. The van der Waals surface area contributed by atoms with Gasteiger partial charge in [-0.2, -0.15) is 5.10 Å². The summed E-state index contributed by atoms with van der Waals surface area (Å²) in [6.45, 7) is 0. The molecule has 0 atom stereocenters. The summed E-state index contributed by atoms with van der Waals surface area (Å²) in [4.78, 5) is 31.0. The quantitative estimate of drug-likeness (QED) is 0.747. The molecule has 7 heteroatoms.